The largest absolute Gasteiger partial charge is 0.336 e. The molecule has 2 aromatic heterocycles. The number of piperidine rings is 1. The van der Waals surface area contributed by atoms with Crippen LogP contribution in [0.3, 0.4) is 0 Å². The van der Waals surface area contributed by atoms with E-state index in [1.807, 2.05) is 41.0 Å². The van der Waals surface area contributed by atoms with Crippen LogP contribution >= 0.6 is 0 Å². The third kappa shape index (κ3) is 3.22. The normalized spacial score (nSPS) is 20.3. The fraction of sp³-hybridized carbons (Fsp3) is 0.318. The smallest absolute Gasteiger partial charge is 0.333 e. The molecular weight excluding hydrogens is 390 g/mol. The van der Waals surface area contributed by atoms with E-state index in [0.717, 1.165) is 29.4 Å². The van der Waals surface area contributed by atoms with Crippen molar-refractivity contribution in [2.75, 3.05) is 13.1 Å². The van der Waals surface area contributed by atoms with Gasteiger partial charge in [0.2, 0.25) is 0 Å². The summed E-state index contributed by atoms with van der Waals surface area (Å²) in [5.41, 5.74) is 2.75. The molecule has 0 saturated carbocycles. The van der Waals surface area contributed by atoms with Gasteiger partial charge in [0.25, 0.3) is 11.5 Å². The Labute approximate surface area is 171 Å². The third-order valence-corrected chi connectivity index (χ3v) is 5.98. The fourth-order valence-corrected chi connectivity index (χ4v) is 4.65. The Hall–Kier alpha value is -3.29. The lowest BCUT2D eigenvalue weighted by Gasteiger charge is -2.42. The van der Waals surface area contributed by atoms with Gasteiger partial charge in [-0.3, -0.25) is 9.59 Å². The van der Waals surface area contributed by atoms with E-state index in [9.17, 15) is 18.4 Å². The summed E-state index contributed by atoms with van der Waals surface area (Å²) in [4.78, 5) is 27.3. The van der Waals surface area contributed by atoms with Gasteiger partial charge in [-0.2, -0.15) is 13.9 Å². The number of nitrogens with zero attached hydrogens (tertiary/aromatic N) is 4. The van der Waals surface area contributed by atoms with Crippen molar-refractivity contribution < 1.29 is 13.6 Å². The summed E-state index contributed by atoms with van der Waals surface area (Å²) in [5.74, 6) is -0.174. The van der Waals surface area contributed by atoms with Crippen LogP contribution in [-0.4, -0.2) is 38.2 Å². The predicted octanol–water partition coefficient (Wildman–Crippen LogP) is 3.37. The molecule has 4 heterocycles. The maximum absolute atomic E-state index is 12.9. The molecule has 6 nitrogen and oxygen atoms in total. The van der Waals surface area contributed by atoms with Gasteiger partial charge < -0.3 is 9.47 Å². The number of amides is 1. The van der Waals surface area contributed by atoms with Crippen molar-refractivity contribution in [1.82, 2.24) is 19.2 Å². The molecule has 1 amide bonds. The van der Waals surface area contributed by atoms with Crippen LogP contribution in [0.4, 0.5) is 8.78 Å². The molecule has 5 rings (SSSR count). The average molecular weight is 410 g/mol. The van der Waals surface area contributed by atoms with Crippen molar-refractivity contribution in [3.05, 3.63) is 76.5 Å². The number of hydrogen-bond donors (Lipinski definition) is 0. The lowest BCUT2D eigenvalue weighted by Crippen LogP contribution is -2.49. The van der Waals surface area contributed by atoms with E-state index >= 15 is 0 Å². The van der Waals surface area contributed by atoms with Gasteiger partial charge in [0.05, 0.1) is 0 Å². The van der Waals surface area contributed by atoms with E-state index in [4.69, 9.17) is 0 Å². The molecule has 0 aliphatic carbocycles. The molecule has 154 valence electrons. The molecule has 2 bridgehead atoms. The van der Waals surface area contributed by atoms with Crippen LogP contribution < -0.4 is 5.56 Å². The number of aromatic nitrogens is 3. The second kappa shape index (κ2) is 7.19. The summed E-state index contributed by atoms with van der Waals surface area (Å²) in [6, 6.07) is 14.8. The first kappa shape index (κ1) is 18.7. The number of pyridine rings is 1. The summed E-state index contributed by atoms with van der Waals surface area (Å²) in [6.45, 7) is -1.30. The highest BCUT2D eigenvalue weighted by Gasteiger charge is 2.37. The third-order valence-electron chi connectivity index (χ3n) is 5.98. The topological polar surface area (TPSA) is 60.1 Å². The standard InChI is InChI=1S/C22H20F2N4O2/c23-22(24)28-7-6-18(25-28)21(30)26-11-14-8-17(13-26)19-9-16(10-20(29)27(19)12-14)15-4-2-1-3-5-15/h1-7,9-10,14,17,22H,8,11-13H2/t14-,17+/m0/s1. The van der Waals surface area contributed by atoms with E-state index in [0.29, 0.717) is 24.3 Å². The van der Waals surface area contributed by atoms with Crippen molar-refractivity contribution in [2.24, 2.45) is 5.92 Å². The molecule has 1 saturated heterocycles. The number of benzene rings is 1. The first-order chi connectivity index (χ1) is 14.5. The summed E-state index contributed by atoms with van der Waals surface area (Å²) in [5, 5.41) is 3.71. The number of alkyl halides is 2. The Morgan fingerprint density at radius 1 is 1.03 bits per heavy atom. The number of halogens is 2. The summed E-state index contributed by atoms with van der Waals surface area (Å²) in [6.07, 6.45) is 2.01. The van der Waals surface area contributed by atoms with Crippen LogP contribution in [0.5, 0.6) is 0 Å². The van der Waals surface area contributed by atoms with Gasteiger partial charge in [-0.1, -0.05) is 30.3 Å². The molecule has 0 spiro atoms. The Bertz CT molecular complexity index is 1160. The van der Waals surface area contributed by atoms with Crippen LogP contribution in [0, 0.1) is 5.92 Å². The zero-order chi connectivity index (χ0) is 20.8. The van der Waals surface area contributed by atoms with Crippen molar-refractivity contribution in [3.8, 4) is 11.1 Å². The van der Waals surface area contributed by atoms with Crippen molar-refractivity contribution in [3.63, 3.8) is 0 Å². The van der Waals surface area contributed by atoms with Gasteiger partial charge in [-0.25, -0.2) is 4.68 Å². The highest BCUT2D eigenvalue weighted by Crippen LogP contribution is 2.37. The minimum Gasteiger partial charge on any atom is -0.336 e. The predicted molar refractivity (Wildman–Crippen MR) is 106 cm³/mol. The summed E-state index contributed by atoms with van der Waals surface area (Å²) >= 11 is 0. The summed E-state index contributed by atoms with van der Waals surface area (Å²) in [7, 11) is 0. The quantitative estimate of drug-likeness (QED) is 0.665. The number of likely N-dealkylation sites (tertiary alicyclic amines) is 1. The molecule has 1 aromatic carbocycles. The molecule has 0 radical (unpaired) electrons. The zero-order valence-electron chi connectivity index (χ0n) is 16.1. The number of hydrogen-bond acceptors (Lipinski definition) is 3. The van der Waals surface area contributed by atoms with Gasteiger partial charge in [0, 0.05) is 43.5 Å². The minimum absolute atomic E-state index is 0.0192. The Morgan fingerprint density at radius 3 is 2.57 bits per heavy atom. The van der Waals surface area contributed by atoms with Crippen LogP contribution in [0.1, 0.15) is 35.1 Å². The molecule has 0 unspecified atom stereocenters. The van der Waals surface area contributed by atoms with E-state index < -0.39 is 6.55 Å². The number of fused-ring (bicyclic) bond motifs is 4. The molecule has 30 heavy (non-hydrogen) atoms. The first-order valence-electron chi connectivity index (χ1n) is 9.92. The molecule has 1 fully saturated rings. The second-order valence-corrected chi connectivity index (χ2v) is 7.95. The van der Waals surface area contributed by atoms with Gasteiger partial charge in [-0.15, -0.1) is 0 Å². The number of rotatable bonds is 3. The zero-order valence-corrected chi connectivity index (χ0v) is 16.1. The highest BCUT2D eigenvalue weighted by molar-refractivity contribution is 5.92. The fourth-order valence-electron chi connectivity index (χ4n) is 4.65. The number of carbonyl (C=O) groups is 1. The van der Waals surface area contributed by atoms with Gasteiger partial charge >= 0.3 is 6.55 Å². The first-order valence-corrected chi connectivity index (χ1v) is 9.92. The van der Waals surface area contributed by atoms with Gasteiger partial charge in [0.1, 0.15) is 0 Å². The molecular formula is C22H20F2N4O2. The van der Waals surface area contributed by atoms with Crippen molar-refractivity contribution in [2.45, 2.75) is 25.4 Å². The van der Waals surface area contributed by atoms with E-state index in [-0.39, 0.29) is 29.0 Å². The maximum atomic E-state index is 12.9. The highest BCUT2D eigenvalue weighted by atomic mass is 19.3. The minimum atomic E-state index is -2.78. The van der Waals surface area contributed by atoms with Crippen molar-refractivity contribution >= 4 is 5.91 Å². The maximum Gasteiger partial charge on any atom is 0.333 e. The Balaban J connectivity index is 1.45. The monoisotopic (exact) mass is 410 g/mol. The van der Waals surface area contributed by atoms with Crippen LogP contribution in [0.25, 0.3) is 11.1 Å². The number of carbonyl (C=O) groups excluding carboxylic acids is 1. The van der Waals surface area contributed by atoms with Crippen LogP contribution in [0.2, 0.25) is 0 Å². The Morgan fingerprint density at radius 2 is 1.83 bits per heavy atom. The van der Waals surface area contributed by atoms with Gasteiger partial charge in [0.15, 0.2) is 5.69 Å². The SMILES string of the molecule is O=C(c1ccn(C(F)F)n1)N1C[C@@H]2C[C@H](C1)c1cc(-c3ccccc3)cc(=O)n1C2. The lowest BCUT2D eigenvalue weighted by atomic mass is 9.82. The molecule has 2 aliphatic rings. The van der Waals surface area contributed by atoms with Crippen molar-refractivity contribution in [1.29, 1.82) is 0 Å². The van der Waals surface area contributed by atoms with E-state index in [1.54, 1.807) is 11.0 Å². The lowest BCUT2D eigenvalue weighted by molar-refractivity contribution is 0.0522. The molecule has 3 aromatic rings. The molecule has 2 aliphatic heterocycles. The van der Waals surface area contributed by atoms with Crippen LogP contribution in [-0.2, 0) is 6.54 Å². The van der Waals surface area contributed by atoms with Crippen LogP contribution in [0.15, 0.2) is 59.5 Å². The second-order valence-electron chi connectivity index (χ2n) is 7.95. The average Bonchev–Trinajstić information content (AvgIpc) is 3.25. The van der Waals surface area contributed by atoms with Gasteiger partial charge in [-0.05, 0) is 35.6 Å². The van der Waals surface area contributed by atoms with E-state index in [2.05, 4.69) is 5.10 Å². The summed E-state index contributed by atoms with van der Waals surface area (Å²) < 4.78 is 27.9. The Kier molecular flexibility index (Phi) is 4.49. The molecule has 0 N–H and O–H groups in total. The molecule has 2 atom stereocenters. The van der Waals surface area contributed by atoms with E-state index in [1.165, 1.54) is 6.07 Å². The molecule has 8 heteroatoms.